The van der Waals surface area contributed by atoms with Gasteiger partial charge in [-0.2, -0.15) is 0 Å². The molecule has 0 aromatic heterocycles. The molecule has 1 fully saturated rings. The topological polar surface area (TPSA) is 124 Å². The van der Waals surface area contributed by atoms with Crippen LogP contribution in [0.5, 0.6) is 28.7 Å². The molecule has 0 aliphatic heterocycles. The fourth-order valence-electron chi connectivity index (χ4n) is 8.14. The Bertz CT molecular complexity index is 2240. The van der Waals surface area contributed by atoms with Crippen LogP contribution in [0.3, 0.4) is 0 Å². The third-order valence-corrected chi connectivity index (χ3v) is 12.3. The Morgan fingerprint density at radius 2 is 0.857 bits per heavy atom. The van der Waals surface area contributed by atoms with Gasteiger partial charge >= 0.3 is 23.9 Å². The van der Waals surface area contributed by atoms with Gasteiger partial charge < -0.3 is 28.4 Å². The summed E-state index contributed by atoms with van der Waals surface area (Å²) in [7, 11) is 0. The number of carbonyl (C=O) groups is 4. The van der Waals surface area contributed by atoms with Crippen LogP contribution >= 0.6 is 0 Å². The summed E-state index contributed by atoms with van der Waals surface area (Å²) in [5, 5.41) is 0. The van der Waals surface area contributed by atoms with Crippen molar-refractivity contribution >= 4 is 36.0 Å². The molecule has 10 nitrogen and oxygen atoms in total. The number of rotatable bonds is 31. The molecule has 0 atom stereocenters. The van der Waals surface area contributed by atoms with Crippen molar-refractivity contribution < 1.29 is 47.6 Å². The van der Waals surface area contributed by atoms with Crippen molar-refractivity contribution in [3.05, 3.63) is 127 Å². The van der Waals surface area contributed by atoms with Crippen LogP contribution < -0.4 is 23.7 Å². The summed E-state index contributed by atoms with van der Waals surface area (Å²) in [4.78, 5) is 49.5. The van der Waals surface area contributed by atoms with Gasteiger partial charge in [-0.1, -0.05) is 133 Å². The molecular formula is C60H72O10. The average Bonchev–Trinajstić information content (AvgIpc) is 3.38. The molecule has 10 heteroatoms. The Morgan fingerprint density at radius 3 is 1.34 bits per heavy atom. The van der Waals surface area contributed by atoms with E-state index in [0.29, 0.717) is 48.0 Å². The number of hydrogen-bond acceptors (Lipinski definition) is 10. The molecule has 0 heterocycles. The van der Waals surface area contributed by atoms with Gasteiger partial charge in [0.2, 0.25) is 0 Å². The van der Waals surface area contributed by atoms with Crippen molar-refractivity contribution in [3.8, 4) is 40.6 Å². The second-order valence-electron chi connectivity index (χ2n) is 17.9. The van der Waals surface area contributed by atoms with E-state index >= 15 is 0 Å². The fraction of sp³-hybridized carbons (Fsp3) is 0.433. The molecule has 0 amide bonds. The van der Waals surface area contributed by atoms with Gasteiger partial charge in [0, 0.05) is 30.9 Å². The van der Waals surface area contributed by atoms with Crippen LogP contribution in [0.25, 0.3) is 12.2 Å². The first-order chi connectivity index (χ1) is 34.3. The fourth-order valence-corrected chi connectivity index (χ4v) is 8.14. The SMILES string of the molecule is C=Cc1ccc(OC(=O)CCCCCCCCCCOc2ccc(C#CC(=O)Oc3ccc(OC(=O)C4CCC(OCCCCCCCCCCC(=O)Oc5ccc(C=C)cc5)CC4)cc3)cc2)cc1. The van der Waals surface area contributed by atoms with Crippen LogP contribution in [-0.4, -0.2) is 43.2 Å². The first-order valence-electron chi connectivity index (χ1n) is 25.5. The zero-order chi connectivity index (χ0) is 49.4. The van der Waals surface area contributed by atoms with Gasteiger partial charge in [0.15, 0.2) is 0 Å². The zero-order valence-corrected chi connectivity index (χ0v) is 41.0. The van der Waals surface area contributed by atoms with Gasteiger partial charge in [-0.3, -0.25) is 14.4 Å². The number of unbranched alkanes of at least 4 members (excludes halogenated alkanes) is 14. The van der Waals surface area contributed by atoms with Gasteiger partial charge in [-0.15, -0.1) is 0 Å². The minimum absolute atomic E-state index is 0.169. The minimum atomic E-state index is -0.692. The Kier molecular flexibility index (Phi) is 25.2. The Balaban J connectivity index is 0.816. The number of hydrogen-bond donors (Lipinski definition) is 0. The Morgan fingerprint density at radius 1 is 0.457 bits per heavy atom. The highest BCUT2D eigenvalue weighted by Crippen LogP contribution is 2.29. The molecule has 70 heavy (non-hydrogen) atoms. The highest BCUT2D eigenvalue weighted by Gasteiger charge is 2.28. The van der Waals surface area contributed by atoms with E-state index in [1.54, 1.807) is 60.7 Å². The summed E-state index contributed by atoms with van der Waals surface area (Å²) >= 11 is 0. The summed E-state index contributed by atoms with van der Waals surface area (Å²) in [6.45, 7) is 8.84. The van der Waals surface area contributed by atoms with Crippen LogP contribution in [0.15, 0.2) is 110 Å². The van der Waals surface area contributed by atoms with Crippen LogP contribution in [-0.2, 0) is 23.9 Å². The van der Waals surface area contributed by atoms with E-state index in [1.807, 2.05) is 48.5 Å². The third kappa shape index (κ3) is 22.3. The van der Waals surface area contributed by atoms with Crippen LogP contribution in [0.2, 0.25) is 0 Å². The second kappa shape index (κ2) is 32.4. The highest BCUT2D eigenvalue weighted by atomic mass is 16.5. The third-order valence-electron chi connectivity index (χ3n) is 12.3. The predicted molar refractivity (Wildman–Crippen MR) is 276 cm³/mol. The summed E-state index contributed by atoms with van der Waals surface area (Å²) in [6.07, 6.45) is 24.9. The molecule has 372 valence electrons. The molecule has 4 aromatic carbocycles. The lowest BCUT2D eigenvalue weighted by atomic mass is 9.87. The van der Waals surface area contributed by atoms with Gasteiger partial charge in [0.05, 0.1) is 18.6 Å². The maximum absolute atomic E-state index is 12.9. The van der Waals surface area contributed by atoms with E-state index < -0.39 is 5.97 Å². The summed E-state index contributed by atoms with van der Waals surface area (Å²) < 4.78 is 33.9. The first kappa shape index (κ1) is 54.5. The quantitative estimate of drug-likeness (QED) is 0.0208. The normalized spacial score (nSPS) is 14.1. The van der Waals surface area contributed by atoms with Crippen molar-refractivity contribution in [3.63, 3.8) is 0 Å². The lowest BCUT2D eigenvalue weighted by Gasteiger charge is -2.27. The lowest BCUT2D eigenvalue weighted by molar-refractivity contribution is -0.141. The summed E-state index contributed by atoms with van der Waals surface area (Å²) in [6, 6.07) is 28.4. The van der Waals surface area contributed by atoms with Gasteiger partial charge in [-0.25, -0.2) is 4.79 Å². The second-order valence-corrected chi connectivity index (χ2v) is 17.9. The van der Waals surface area contributed by atoms with E-state index in [9.17, 15) is 19.2 Å². The molecule has 0 saturated heterocycles. The van der Waals surface area contributed by atoms with Gasteiger partial charge in [0.1, 0.15) is 28.7 Å². The van der Waals surface area contributed by atoms with Crippen molar-refractivity contribution in [2.24, 2.45) is 5.92 Å². The molecule has 1 aliphatic carbocycles. The molecule has 5 rings (SSSR count). The molecule has 1 aliphatic rings. The molecule has 4 aromatic rings. The smallest absolute Gasteiger partial charge is 0.390 e. The number of esters is 4. The number of ether oxygens (including phenoxy) is 6. The molecular weight excluding hydrogens is 881 g/mol. The maximum atomic E-state index is 12.9. The summed E-state index contributed by atoms with van der Waals surface area (Å²) in [5.74, 6) is 6.48. The van der Waals surface area contributed by atoms with E-state index in [1.165, 1.54) is 25.7 Å². The lowest BCUT2D eigenvalue weighted by Crippen LogP contribution is -2.29. The van der Waals surface area contributed by atoms with E-state index in [2.05, 4.69) is 25.0 Å². The molecule has 0 unspecified atom stereocenters. The van der Waals surface area contributed by atoms with Crippen molar-refractivity contribution in [2.45, 2.75) is 147 Å². The molecule has 1 saturated carbocycles. The molecule has 0 spiro atoms. The van der Waals surface area contributed by atoms with Crippen LogP contribution in [0.4, 0.5) is 0 Å². The number of carbonyl (C=O) groups excluding carboxylic acids is 4. The Hall–Kier alpha value is -6.44. The minimum Gasteiger partial charge on any atom is -0.494 e. The maximum Gasteiger partial charge on any atom is 0.390 e. The summed E-state index contributed by atoms with van der Waals surface area (Å²) in [5.41, 5.74) is 2.65. The van der Waals surface area contributed by atoms with Gasteiger partial charge in [0.25, 0.3) is 0 Å². The van der Waals surface area contributed by atoms with Crippen LogP contribution in [0, 0.1) is 17.8 Å². The van der Waals surface area contributed by atoms with Gasteiger partial charge in [-0.05, 0) is 135 Å². The zero-order valence-electron chi connectivity index (χ0n) is 41.0. The Labute approximate surface area is 416 Å². The molecule has 0 bridgehead atoms. The standard InChI is InChI=1S/C60H72O10/c1-3-47-23-34-53(35-24-47)67-57(61)21-17-13-9-5-7-11-15-19-45-65-51-32-27-49(28-33-51)29-44-59(63)69-55-40-42-56(43-41-55)70-60(64)50-30-38-52(39-31-50)66-46-20-16-12-8-6-10-14-18-22-58(62)68-54-36-25-48(4-2)26-37-54/h3-4,23-28,32-37,40-43,50,52H,1-2,5-22,30-31,38-39,45-46H2. The average molecular weight is 953 g/mol. The molecule has 0 N–H and O–H groups in total. The first-order valence-corrected chi connectivity index (χ1v) is 25.5. The van der Waals surface area contributed by atoms with Crippen molar-refractivity contribution in [1.29, 1.82) is 0 Å². The van der Waals surface area contributed by atoms with E-state index in [-0.39, 0.29) is 29.9 Å². The number of benzene rings is 4. The monoisotopic (exact) mass is 953 g/mol. The largest absolute Gasteiger partial charge is 0.494 e. The van der Waals surface area contributed by atoms with Crippen molar-refractivity contribution in [1.82, 2.24) is 0 Å². The van der Waals surface area contributed by atoms with E-state index in [4.69, 9.17) is 28.4 Å². The van der Waals surface area contributed by atoms with Crippen LogP contribution in [0.1, 0.15) is 158 Å². The van der Waals surface area contributed by atoms with Crippen molar-refractivity contribution in [2.75, 3.05) is 13.2 Å². The predicted octanol–water partition coefficient (Wildman–Crippen LogP) is 14.0. The highest BCUT2D eigenvalue weighted by molar-refractivity contribution is 5.91. The van der Waals surface area contributed by atoms with E-state index in [0.717, 1.165) is 126 Å². The molecule has 0 radical (unpaired) electrons.